The molecular weight excluding hydrogens is 392 g/mol. The Morgan fingerprint density at radius 1 is 1.00 bits per heavy atom. The van der Waals surface area contributed by atoms with Gasteiger partial charge in [-0.05, 0) is 18.4 Å². The van der Waals surface area contributed by atoms with E-state index in [0.29, 0.717) is 25.7 Å². The fourth-order valence-corrected chi connectivity index (χ4v) is 4.79. The minimum absolute atomic E-state index is 0.336. The van der Waals surface area contributed by atoms with E-state index < -0.39 is 42.3 Å². The van der Waals surface area contributed by atoms with Gasteiger partial charge in [-0.3, -0.25) is 0 Å². The molecule has 0 spiro atoms. The van der Waals surface area contributed by atoms with Gasteiger partial charge in [0.15, 0.2) is 12.6 Å². The van der Waals surface area contributed by atoms with Crippen molar-refractivity contribution in [1.29, 1.82) is 0 Å². The SMILES string of the molecule is CO[C@H]1O[C@H](C=O)[C@H]2O[C@@]3(OC)CCCC[C@]3(OC)O[C@@H]2[C@@H]1OCc1ccccc1. The van der Waals surface area contributed by atoms with Crippen molar-refractivity contribution in [3.8, 4) is 0 Å². The van der Waals surface area contributed by atoms with Crippen molar-refractivity contribution in [2.75, 3.05) is 21.3 Å². The highest BCUT2D eigenvalue weighted by atomic mass is 16.8. The van der Waals surface area contributed by atoms with Crippen LogP contribution in [0.4, 0.5) is 0 Å². The third-order valence-corrected chi connectivity index (χ3v) is 6.34. The van der Waals surface area contributed by atoms with Crippen molar-refractivity contribution >= 4 is 6.29 Å². The molecule has 1 saturated carbocycles. The first-order chi connectivity index (χ1) is 14.6. The normalized spacial score (nSPS) is 41.0. The van der Waals surface area contributed by atoms with Crippen LogP contribution in [0.5, 0.6) is 0 Å². The summed E-state index contributed by atoms with van der Waals surface area (Å²) in [6, 6.07) is 9.80. The predicted molar refractivity (Wildman–Crippen MR) is 104 cm³/mol. The average molecular weight is 422 g/mol. The Kier molecular flexibility index (Phi) is 6.55. The Morgan fingerprint density at radius 2 is 1.63 bits per heavy atom. The zero-order chi connectivity index (χ0) is 21.2. The lowest BCUT2D eigenvalue weighted by Crippen LogP contribution is -2.75. The van der Waals surface area contributed by atoms with Gasteiger partial charge in [-0.2, -0.15) is 0 Å². The van der Waals surface area contributed by atoms with Crippen LogP contribution in [0.15, 0.2) is 30.3 Å². The predicted octanol–water partition coefficient (Wildman–Crippen LogP) is 2.19. The van der Waals surface area contributed by atoms with E-state index in [4.69, 9.17) is 33.2 Å². The first kappa shape index (κ1) is 21.8. The zero-order valence-electron chi connectivity index (χ0n) is 17.7. The number of aldehydes is 1. The topological polar surface area (TPSA) is 81.7 Å². The van der Waals surface area contributed by atoms with Gasteiger partial charge in [-0.15, -0.1) is 0 Å². The number of hydrogen-bond acceptors (Lipinski definition) is 8. The fraction of sp³-hybridized carbons (Fsp3) is 0.682. The summed E-state index contributed by atoms with van der Waals surface area (Å²) in [5.41, 5.74) is 1.00. The van der Waals surface area contributed by atoms with Gasteiger partial charge in [0, 0.05) is 34.2 Å². The molecule has 1 aliphatic carbocycles. The lowest BCUT2D eigenvalue weighted by molar-refractivity contribution is -0.494. The number of carbonyl (C=O) groups is 1. The first-order valence-corrected chi connectivity index (χ1v) is 10.4. The third-order valence-electron chi connectivity index (χ3n) is 6.34. The number of carbonyl (C=O) groups excluding carboxylic acids is 1. The number of benzene rings is 1. The van der Waals surface area contributed by atoms with E-state index in [2.05, 4.69) is 0 Å². The van der Waals surface area contributed by atoms with E-state index in [1.54, 1.807) is 14.2 Å². The number of hydrogen-bond donors (Lipinski definition) is 0. The Bertz CT molecular complexity index is 714. The molecule has 2 heterocycles. The summed E-state index contributed by atoms with van der Waals surface area (Å²) in [6.45, 7) is 0.336. The van der Waals surface area contributed by atoms with Gasteiger partial charge in [0.05, 0.1) is 6.61 Å². The van der Waals surface area contributed by atoms with Crippen LogP contribution in [0.3, 0.4) is 0 Å². The Balaban J connectivity index is 1.65. The highest BCUT2D eigenvalue weighted by molar-refractivity contribution is 5.58. The van der Waals surface area contributed by atoms with Crippen LogP contribution < -0.4 is 0 Å². The molecule has 8 nitrogen and oxygen atoms in total. The van der Waals surface area contributed by atoms with Gasteiger partial charge in [0.2, 0.25) is 11.6 Å². The Morgan fingerprint density at radius 3 is 2.20 bits per heavy atom. The molecule has 1 aromatic rings. The van der Waals surface area contributed by atoms with Gasteiger partial charge < -0.3 is 38.0 Å². The highest BCUT2D eigenvalue weighted by Crippen LogP contribution is 2.51. The summed E-state index contributed by atoms with van der Waals surface area (Å²) in [5.74, 6) is -2.21. The van der Waals surface area contributed by atoms with Gasteiger partial charge in [-0.1, -0.05) is 30.3 Å². The fourth-order valence-electron chi connectivity index (χ4n) is 4.79. The zero-order valence-corrected chi connectivity index (χ0v) is 17.7. The average Bonchev–Trinajstić information content (AvgIpc) is 2.81. The molecule has 0 unspecified atom stereocenters. The van der Waals surface area contributed by atoms with E-state index in [1.165, 1.54) is 7.11 Å². The van der Waals surface area contributed by atoms with Crippen molar-refractivity contribution < 1.29 is 38.0 Å². The molecule has 0 radical (unpaired) electrons. The van der Waals surface area contributed by atoms with Crippen molar-refractivity contribution in [3.63, 3.8) is 0 Å². The van der Waals surface area contributed by atoms with E-state index >= 15 is 0 Å². The molecule has 0 aromatic heterocycles. The van der Waals surface area contributed by atoms with Crippen molar-refractivity contribution in [2.45, 2.75) is 74.6 Å². The van der Waals surface area contributed by atoms with Crippen LogP contribution in [0, 0.1) is 0 Å². The van der Waals surface area contributed by atoms with E-state index in [0.717, 1.165) is 18.4 Å². The second kappa shape index (κ2) is 9.00. The lowest BCUT2D eigenvalue weighted by Gasteiger charge is -2.60. The number of ether oxygens (including phenoxy) is 7. The van der Waals surface area contributed by atoms with E-state index in [-0.39, 0.29) is 0 Å². The minimum Gasteiger partial charge on any atom is -0.365 e. The maximum absolute atomic E-state index is 11.8. The van der Waals surface area contributed by atoms with Crippen LogP contribution >= 0.6 is 0 Å². The van der Waals surface area contributed by atoms with Crippen LogP contribution in [-0.2, 0) is 44.6 Å². The third kappa shape index (κ3) is 3.60. The smallest absolute Gasteiger partial charge is 0.223 e. The minimum atomic E-state index is -1.12. The Labute approximate surface area is 176 Å². The largest absolute Gasteiger partial charge is 0.365 e. The second-order valence-electron chi connectivity index (χ2n) is 7.89. The molecule has 7 atom stereocenters. The maximum Gasteiger partial charge on any atom is 0.223 e. The molecule has 4 rings (SSSR count). The molecule has 2 aliphatic heterocycles. The van der Waals surface area contributed by atoms with Gasteiger partial charge in [0.1, 0.15) is 24.4 Å². The maximum atomic E-state index is 11.8. The molecule has 30 heavy (non-hydrogen) atoms. The molecule has 2 saturated heterocycles. The van der Waals surface area contributed by atoms with Crippen LogP contribution in [0.25, 0.3) is 0 Å². The molecule has 3 fully saturated rings. The summed E-state index contributed by atoms with van der Waals surface area (Å²) >= 11 is 0. The summed E-state index contributed by atoms with van der Waals surface area (Å²) in [5, 5.41) is 0. The number of methoxy groups -OCH3 is 3. The lowest BCUT2D eigenvalue weighted by atomic mass is 9.83. The van der Waals surface area contributed by atoms with Gasteiger partial charge in [-0.25, -0.2) is 0 Å². The molecule has 8 heteroatoms. The second-order valence-corrected chi connectivity index (χ2v) is 7.89. The standard InChI is InChI=1S/C22H30O8/c1-24-20-19(27-14-15-9-5-4-6-10-15)18-17(16(13-23)28-20)29-21(25-2)11-7-8-12-22(21,26-3)30-18/h4-6,9-10,13,16-20H,7-8,11-12,14H2,1-3H3/t16-,17-,18+,19+,20+,21+,22+/m1/s1. The summed E-state index contributed by atoms with van der Waals surface area (Å²) in [4.78, 5) is 11.8. The van der Waals surface area contributed by atoms with E-state index in [9.17, 15) is 4.79 Å². The number of rotatable bonds is 7. The molecule has 3 aliphatic rings. The molecular formula is C22H30O8. The van der Waals surface area contributed by atoms with Crippen LogP contribution in [-0.4, -0.2) is 69.9 Å². The molecule has 0 amide bonds. The quantitative estimate of drug-likeness (QED) is 0.619. The monoisotopic (exact) mass is 422 g/mol. The summed E-state index contributed by atoms with van der Waals surface area (Å²) < 4.78 is 42.3. The van der Waals surface area contributed by atoms with E-state index in [1.807, 2.05) is 30.3 Å². The molecule has 0 N–H and O–H groups in total. The van der Waals surface area contributed by atoms with Crippen molar-refractivity contribution in [2.24, 2.45) is 0 Å². The highest BCUT2D eigenvalue weighted by Gasteiger charge is 2.67. The first-order valence-electron chi connectivity index (χ1n) is 10.4. The number of fused-ring (bicyclic) bond motifs is 2. The van der Waals surface area contributed by atoms with Crippen LogP contribution in [0.1, 0.15) is 31.2 Å². The molecule has 1 aromatic carbocycles. The van der Waals surface area contributed by atoms with Crippen molar-refractivity contribution in [3.05, 3.63) is 35.9 Å². The van der Waals surface area contributed by atoms with Crippen LogP contribution in [0.2, 0.25) is 0 Å². The molecule has 166 valence electrons. The van der Waals surface area contributed by atoms with Gasteiger partial charge >= 0.3 is 0 Å². The van der Waals surface area contributed by atoms with Crippen molar-refractivity contribution in [1.82, 2.24) is 0 Å². The van der Waals surface area contributed by atoms with Gasteiger partial charge in [0.25, 0.3) is 0 Å². The summed E-state index contributed by atoms with van der Waals surface area (Å²) in [6.07, 6.45) is 0.0945. The summed E-state index contributed by atoms with van der Waals surface area (Å²) in [7, 11) is 4.68. The molecule has 0 bridgehead atoms. The Hall–Kier alpha value is -1.39.